The second kappa shape index (κ2) is 8.29. The van der Waals surface area contributed by atoms with Crippen LogP contribution in [0.4, 0.5) is 5.69 Å². The van der Waals surface area contributed by atoms with Crippen molar-refractivity contribution in [2.75, 3.05) is 44.9 Å². The first-order valence-corrected chi connectivity index (χ1v) is 7.83. The normalized spacial score (nSPS) is 18.4. The van der Waals surface area contributed by atoms with E-state index in [9.17, 15) is 9.59 Å². The van der Waals surface area contributed by atoms with Crippen LogP contribution in [0.15, 0.2) is 24.3 Å². The van der Waals surface area contributed by atoms with Gasteiger partial charge in [0.25, 0.3) is 0 Å². The standard InChI is InChI=1S/C16H21ClN2O4/c1-12-9-19(14-5-3-13(17)4-6-14)15(20)10-18(12)16(21)11-23-8-7-22-2/h3-6,12H,7-11H2,1-2H3. The van der Waals surface area contributed by atoms with Gasteiger partial charge < -0.3 is 19.3 Å². The molecular weight excluding hydrogens is 320 g/mol. The molecule has 6 nitrogen and oxygen atoms in total. The summed E-state index contributed by atoms with van der Waals surface area (Å²) in [5.74, 6) is -0.298. The Morgan fingerprint density at radius 3 is 2.65 bits per heavy atom. The summed E-state index contributed by atoms with van der Waals surface area (Å²) in [6.45, 7) is 3.17. The summed E-state index contributed by atoms with van der Waals surface area (Å²) in [5.41, 5.74) is 0.787. The number of amides is 2. The quantitative estimate of drug-likeness (QED) is 0.737. The largest absolute Gasteiger partial charge is 0.382 e. The molecule has 0 bridgehead atoms. The first-order valence-electron chi connectivity index (χ1n) is 7.45. The lowest BCUT2D eigenvalue weighted by Gasteiger charge is -2.39. The van der Waals surface area contributed by atoms with Crippen molar-refractivity contribution in [3.05, 3.63) is 29.3 Å². The Kier molecular flexibility index (Phi) is 6.38. The number of hydrogen-bond donors (Lipinski definition) is 0. The summed E-state index contributed by atoms with van der Waals surface area (Å²) in [5, 5.41) is 0.622. The van der Waals surface area contributed by atoms with Gasteiger partial charge in [-0.25, -0.2) is 0 Å². The van der Waals surface area contributed by atoms with E-state index in [1.54, 1.807) is 41.2 Å². The second-order valence-corrected chi connectivity index (χ2v) is 5.83. The lowest BCUT2D eigenvalue weighted by molar-refractivity contribution is -0.143. The van der Waals surface area contributed by atoms with Gasteiger partial charge in [-0.1, -0.05) is 11.6 Å². The van der Waals surface area contributed by atoms with Crippen LogP contribution in [-0.4, -0.2) is 62.8 Å². The number of carbonyl (C=O) groups is 2. The highest BCUT2D eigenvalue weighted by Gasteiger charge is 2.33. The molecule has 0 aliphatic carbocycles. The van der Waals surface area contributed by atoms with Gasteiger partial charge in [0.15, 0.2) is 0 Å². The van der Waals surface area contributed by atoms with E-state index in [1.165, 1.54) is 0 Å². The third-order valence-electron chi connectivity index (χ3n) is 3.70. The summed E-state index contributed by atoms with van der Waals surface area (Å²) in [6.07, 6.45) is 0. The SMILES string of the molecule is COCCOCC(=O)N1CC(=O)N(c2ccc(Cl)cc2)CC1C. The molecule has 1 heterocycles. The van der Waals surface area contributed by atoms with Crippen LogP contribution in [0.5, 0.6) is 0 Å². The van der Waals surface area contributed by atoms with E-state index < -0.39 is 0 Å². The average Bonchev–Trinajstić information content (AvgIpc) is 2.54. The fourth-order valence-electron chi connectivity index (χ4n) is 2.44. The van der Waals surface area contributed by atoms with Crippen LogP contribution in [0.3, 0.4) is 0 Å². The fraction of sp³-hybridized carbons (Fsp3) is 0.500. The summed E-state index contributed by atoms with van der Waals surface area (Å²) in [4.78, 5) is 27.8. The molecule has 1 aromatic rings. The van der Waals surface area contributed by atoms with Crippen LogP contribution in [0.1, 0.15) is 6.92 Å². The van der Waals surface area contributed by atoms with Gasteiger partial charge in [-0.2, -0.15) is 0 Å². The smallest absolute Gasteiger partial charge is 0.249 e. The molecule has 2 rings (SSSR count). The Balaban J connectivity index is 1.95. The maximum absolute atomic E-state index is 12.4. The topological polar surface area (TPSA) is 59.1 Å². The van der Waals surface area contributed by atoms with Crippen molar-refractivity contribution in [3.63, 3.8) is 0 Å². The number of anilines is 1. The molecule has 0 radical (unpaired) electrons. The lowest BCUT2D eigenvalue weighted by Crippen LogP contribution is -2.57. The van der Waals surface area contributed by atoms with Crippen LogP contribution in [0.25, 0.3) is 0 Å². The van der Waals surface area contributed by atoms with E-state index in [0.717, 1.165) is 5.69 Å². The van der Waals surface area contributed by atoms with E-state index in [4.69, 9.17) is 21.1 Å². The molecule has 2 amide bonds. The monoisotopic (exact) mass is 340 g/mol. The summed E-state index contributed by atoms with van der Waals surface area (Å²) < 4.78 is 10.1. The van der Waals surface area contributed by atoms with Crippen LogP contribution in [0, 0.1) is 0 Å². The molecule has 0 N–H and O–H groups in total. The van der Waals surface area contributed by atoms with Gasteiger partial charge in [-0.3, -0.25) is 9.59 Å². The molecule has 1 unspecified atom stereocenters. The van der Waals surface area contributed by atoms with Gasteiger partial charge in [0, 0.05) is 30.4 Å². The van der Waals surface area contributed by atoms with E-state index in [2.05, 4.69) is 0 Å². The Hall–Kier alpha value is -1.63. The molecule has 1 fully saturated rings. The second-order valence-electron chi connectivity index (χ2n) is 5.40. The summed E-state index contributed by atoms with van der Waals surface area (Å²) in [6, 6.07) is 7.02. The highest BCUT2D eigenvalue weighted by molar-refractivity contribution is 6.30. The molecule has 0 saturated carbocycles. The van der Waals surface area contributed by atoms with E-state index in [1.807, 2.05) is 6.92 Å². The van der Waals surface area contributed by atoms with Crippen molar-refractivity contribution in [1.82, 2.24) is 4.90 Å². The number of nitrogens with zero attached hydrogens (tertiary/aromatic N) is 2. The predicted octanol–water partition coefficient (Wildman–Crippen LogP) is 1.57. The average molecular weight is 341 g/mol. The maximum Gasteiger partial charge on any atom is 0.249 e. The Bertz CT molecular complexity index is 550. The van der Waals surface area contributed by atoms with Gasteiger partial charge in [0.2, 0.25) is 11.8 Å². The molecule has 0 aromatic heterocycles. The van der Waals surface area contributed by atoms with Crippen LogP contribution >= 0.6 is 11.6 Å². The lowest BCUT2D eigenvalue weighted by atomic mass is 10.1. The van der Waals surface area contributed by atoms with E-state index >= 15 is 0 Å². The van der Waals surface area contributed by atoms with Crippen molar-refractivity contribution < 1.29 is 19.1 Å². The van der Waals surface area contributed by atoms with Crippen molar-refractivity contribution in [3.8, 4) is 0 Å². The van der Waals surface area contributed by atoms with Gasteiger partial charge >= 0.3 is 0 Å². The highest BCUT2D eigenvalue weighted by atomic mass is 35.5. The number of rotatable bonds is 6. The van der Waals surface area contributed by atoms with E-state index in [-0.39, 0.29) is 31.0 Å². The number of hydrogen-bond acceptors (Lipinski definition) is 4. The molecule has 1 saturated heterocycles. The number of benzene rings is 1. The van der Waals surface area contributed by atoms with Gasteiger partial charge in [0.05, 0.1) is 13.2 Å². The predicted molar refractivity (Wildman–Crippen MR) is 87.7 cm³/mol. The zero-order valence-corrected chi connectivity index (χ0v) is 14.1. The number of piperazine rings is 1. The minimum Gasteiger partial charge on any atom is -0.382 e. The van der Waals surface area contributed by atoms with Crippen LogP contribution in [-0.2, 0) is 19.1 Å². The Morgan fingerprint density at radius 2 is 2.00 bits per heavy atom. The van der Waals surface area contributed by atoms with Gasteiger partial charge in [-0.05, 0) is 31.2 Å². The first-order chi connectivity index (χ1) is 11.0. The van der Waals surface area contributed by atoms with E-state index in [0.29, 0.717) is 24.8 Å². The van der Waals surface area contributed by atoms with Crippen LogP contribution < -0.4 is 4.90 Å². The molecule has 126 valence electrons. The minimum atomic E-state index is -0.183. The number of halogens is 1. The van der Waals surface area contributed by atoms with Crippen LogP contribution in [0.2, 0.25) is 5.02 Å². The van der Waals surface area contributed by atoms with Crippen molar-refractivity contribution in [2.45, 2.75) is 13.0 Å². The molecule has 1 aromatic carbocycles. The maximum atomic E-state index is 12.4. The molecular formula is C16H21ClN2O4. The molecule has 23 heavy (non-hydrogen) atoms. The molecule has 7 heteroatoms. The zero-order chi connectivity index (χ0) is 16.8. The molecule has 1 aliphatic rings. The first kappa shape index (κ1) is 17.7. The summed E-state index contributed by atoms with van der Waals surface area (Å²) >= 11 is 5.87. The third-order valence-corrected chi connectivity index (χ3v) is 3.95. The van der Waals surface area contributed by atoms with Gasteiger partial charge in [0.1, 0.15) is 13.2 Å². The third kappa shape index (κ3) is 4.67. The van der Waals surface area contributed by atoms with Crippen molar-refractivity contribution in [2.24, 2.45) is 0 Å². The summed E-state index contributed by atoms with van der Waals surface area (Å²) in [7, 11) is 1.57. The highest BCUT2D eigenvalue weighted by Crippen LogP contribution is 2.22. The Labute approximate surface area is 140 Å². The Morgan fingerprint density at radius 1 is 1.30 bits per heavy atom. The fourth-order valence-corrected chi connectivity index (χ4v) is 2.57. The minimum absolute atomic E-state index is 0.0398. The number of carbonyl (C=O) groups excluding carboxylic acids is 2. The zero-order valence-electron chi connectivity index (χ0n) is 13.3. The van der Waals surface area contributed by atoms with Crippen molar-refractivity contribution >= 4 is 29.1 Å². The van der Waals surface area contributed by atoms with Crippen molar-refractivity contribution in [1.29, 1.82) is 0 Å². The molecule has 0 spiro atoms. The molecule has 1 aliphatic heterocycles. The van der Waals surface area contributed by atoms with Gasteiger partial charge in [-0.15, -0.1) is 0 Å². The number of methoxy groups -OCH3 is 1. The molecule has 1 atom stereocenters. The number of ether oxygens (including phenoxy) is 2.